The van der Waals surface area contributed by atoms with Gasteiger partial charge in [-0.3, -0.25) is 10.1 Å². The van der Waals surface area contributed by atoms with Crippen LogP contribution in [-0.4, -0.2) is 4.92 Å². The van der Waals surface area contributed by atoms with Crippen LogP contribution in [0.3, 0.4) is 0 Å². The zero-order chi connectivity index (χ0) is 15.6. The minimum atomic E-state index is -0.494. The molecule has 0 saturated heterocycles. The second-order valence-corrected chi connectivity index (χ2v) is 6.36. The molecular weight excluding hydrogens is 449 g/mol. The molecule has 0 N–H and O–H groups in total. The Morgan fingerprint density at radius 1 is 1.05 bits per heavy atom. The predicted molar refractivity (Wildman–Crippen MR) is 89.1 cm³/mol. The summed E-state index contributed by atoms with van der Waals surface area (Å²) in [5, 5.41) is 19.7. The standard InChI is InChI=1S/C12H5Br2Cl2N3O2/c13-8-4-7(19(20)21)5-9(14)12(8)18-17-11-2-1-6(15)3-10(11)16/h1-5H. The van der Waals surface area contributed by atoms with Crippen LogP contribution in [0.5, 0.6) is 0 Å². The summed E-state index contributed by atoms with van der Waals surface area (Å²) in [6.07, 6.45) is 0. The number of azo groups is 1. The van der Waals surface area contributed by atoms with Crippen molar-refractivity contribution in [3.05, 3.63) is 59.4 Å². The normalized spacial score (nSPS) is 11.0. The number of hydrogen-bond acceptors (Lipinski definition) is 4. The minimum absolute atomic E-state index is 0.0581. The molecule has 21 heavy (non-hydrogen) atoms. The van der Waals surface area contributed by atoms with E-state index in [4.69, 9.17) is 23.2 Å². The SMILES string of the molecule is O=[N+]([O-])c1cc(Br)c(N=Nc2ccc(Cl)cc2Cl)c(Br)c1. The molecule has 0 heterocycles. The first-order valence-electron chi connectivity index (χ1n) is 5.38. The molecule has 5 nitrogen and oxygen atoms in total. The van der Waals surface area contributed by atoms with Gasteiger partial charge in [-0.15, -0.1) is 10.2 Å². The molecule has 0 bridgehead atoms. The Morgan fingerprint density at radius 2 is 1.67 bits per heavy atom. The number of non-ortho nitro benzene ring substituents is 1. The summed E-state index contributed by atoms with van der Waals surface area (Å²) >= 11 is 18.2. The van der Waals surface area contributed by atoms with E-state index < -0.39 is 4.92 Å². The second-order valence-electron chi connectivity index (χ2n) is 3.81. The van der Waals surface area contributed by atoms with Crippen molar-refractivity contribution in [1.29, 1.82) is 0 Å². The van der Waals surface area contributed by atoms with E-state index in [-0.39, 0.29) is 5.69 Å². The molecule has 108 valence electrons. The van der Waals surface area contributed by atoms with Crippen molar-refractivity contribution in [1.82, 2.24) is 0 Å². The molecule has 0 aliphatic carbocycles. The van der Waals surface area contributed by atoms with Crippen LogP contribution in [0.1, 0.15) is 0 Å². The van der Waals surface area contributed by atoms with Crippen LogP contribution in [0.25, 0.3) is 0 Å². The van der Waals surface area contributed by atoms with Gasteiger partial charge in [0.15, 0.2) is 0 Å². The number of halogens is 4. The largest absolute Gasteiger partial charge is 0.271 e. The van der Waals surface area contributed by atoms with Crippen LogP contribution >= 0.6 is 55.1 Å². The van der Waals surface area contributed by atoms with Gasteiger partial charge in [0.1, 0.15) is 11.4 Å². The highest BCUT2D eigenvalue weighted by Gasteiger charge is 2.14. The van der Waals surface area contributed by atoms with Gasteiger partial charge < -0.3 is 0 Å². The minimum Gasteiger partial charge on any atom is -0.258 e. The Labute approximate surface area is 146 Å². The van der Waals surface area contributed by atoms with Gasteiger partial charge in [0.2, 0.25) is 0 Å². The monoisotopic (exact) mass is 451 g/mol. The second kappa shape index (κ2) is 6.83. The van der Waals surface area contributed by atoms with E-state index in [1.807, 2.05) is 0 Å². The lowest BCUT2D eigenvalue weighted by Gasteiger charge is -2.02. The van der Waals surface area contributed by atoms with Crippen LogP contribution < -0.4 is 0 Å². The fraction of sp³-hybridized carbons (Fsp3) is 0. The van der Waals surface area contributed by atoms with E-state index >= 15 is 0 Å². The zero-order valence-corrected chi connectivity index (χ0v) is 14.7. The van der Waals surface area contributed by atoms with E-state index in [0.29, 0.717) is 30.4 Å². The Bertz CT molecular complexity index is 730. The molecule has 0 radical (unpaired) electrons. The molecule has 2 aromatic carbocycles. The van der Waals surface area contributed by atoms with Gasteiger partial charge in [-0.25, -0.2) is 0 Å². The van der Waals surface area contributed by atoms with Crippen molar-refractivity contribution in [3.63, 3.8) is 0 Å². The fourth-order valence-corrected chi connectivity index (χ4v) is 3.19. The van der Waals surface area contributed by atoms with E-state index in [9.17, 15) is 10.1 Å². The van der Waals surface area contributed by atoms with E-state index in [1.54, 1.807) is 18.2 Å². The van der Waals surface area contributed by atoms with Crippen LogP contribution in [0, 0.1) is 10.1 Å². The first-order chi connectivity index (χ1) is 9.88. The van der Waals surface area contributed by atoms with Crippen molar-refractivity contribution in [2.24, 2.45) is 10.2 Å². The molecule has 0 aliphatic heterocycles. The Hall–Kier alpha value is -1.02. The lowest BCUT2D eigenvalue weighted by atomic mass is 10.3. The van der Waals surface area contributed by atoms with Gasteiger partial charge in [0.05, 0.1) is 18.9 Å². The maximum Gasteiger partial charge on any atom is 0.271 e. The Morgan fingerprint density at radius 3 is 2.19 bits per heavy atom. The summed E-state index contributed by atoms with van der Waals surface area (Å²) in [4.78, 5) is 10.3. The fourth-order valence-electron chi connectivity index (χ4n) is 1.42. The number of benzene rings is 2. The molecule has 0 saturated carbocycles. The third kappa shape index (κ3) is 4.00. The highest BCUT2D eigenvalue weighted by Crippen LogP contribution is 2.39. The molecule has 0 unspecified atom stereocenters. The zero-order valence-electron chi connectivity index (χ0n) is 10.1. The number of nitro benzene ring substituents is 1. The molecule has 2 rings (SSSR count). The average Bonchev–Trinajstić information content (AvgIpc) is 2.39. The van der Waals surface area contributed by atoms with Crippen molar-refractivity contribution < 1.29 is 4.92 Å². The van der Waals surface area contributed by atoms with Gasteiger partial charge >= 0.3 is 0 Å². The summed E-state index contributed by atoms with van der Waals surface area (Å²) in [6, 6.07) is 7.52. The number of rotatable bonds is 3. The van der Waals surface area contributed by atoms with Gasteiger partial charge in [-0.05, 0) is 50.1 Å². The van der Waals surface area contributed by atoms with Crippen LogP contribution in [-0.2, 0) is 0 Å². The number of hydrogen-bond donors (Lipinski definition) is 0. The van der Waals surface area contributed by atoms with Crippen molar-refractivity contribution >= 4 is 72.1 Å². The van der Waals surface area contributed by atoms with Crippen LogP contribution in [0.15, 0.2) is 49.5 Å². The van der Waals surface area contributed by atoms with Crippen molar-refractivity contribution in [3.8, 4) is 0 Å². The lowest BCUT2D eigenvalue weighted by Crippen LogP contribution is -1.87. The van der Waals surface area contributed by atoms with E-state index in [0.717, 1.165) is 0 Å². The molecule has 9 heteroatoms. The molecule has 2 aromatic rings. The van der Waals surface area contributed by atoms with Gasteiger partial charge in [-0.2, -0.15) is 0 Å². The maximum atomic E-state index is 10.8. The quantitative estimate of drug-likeness (QED) is 0.290. The summed E-state index contributed by atoms with van der Waals surface area (Å²) < 4.78 is 0.884. The Balaban J connectivity index is 2.39. The van der Waals surface area contributed by atoms with Gasteiger partial charge in [-0.1, -0.05) is 23.2 Å². The topological polar surface area (TPSA) is 67.9 Å². The van der Waals surface area contributed by atoms with E-state index in [2.05, 4.69) is 42.1 Å². The van der Waals surface area contributed by atoms with Crippen molar-refractivity contribution in [2.45, 2.75) is 0 Å². The number of nitrogens with zero attached hydrogens (tertiary/aromatic N) is 3. The molecule has 0 fully saturated rings. The highest BCUT2D eigenvalue weighted by molar-refractivity contribution is 9.11. The summed E-state index contributed by atoms with van der Waals surface area (Å²) in [5.41, 5.74) is 0.807. The molecule has 0 atom stereocenters. The van der Waals surface area contributed by atoms with Gasteiger partial charge in [0, 0.05) is 17.2 Å². The summed E-state index contributed by atoms with van der Waals surface area (Å²) in [7, 11) is 0. The van der Waals surface area contributed by atoms with Crippen molar-refractivity contribution in [2.75, 3.05) is 0 Å². The molecule has 0 aliphatic rings. The van der Waals surface area contributed by atoms with Gasteiger partial charge in [0.25, 0.3) is 5.69 Å². The molecule has 0 aromatic heterocycles. The summed E-state index contributed by atoms with van der Waals surface area (Å²) in [5.74, 6) is 0. The third-order valence-corrected chi connectivity index (χ3v) is 4.13. The summed E-state index contributed by atoms with van der Waals surface area (Å²) in [6.45, 7) is 0. The molecular formula is C12H5Br2Cl2N3O2. The smallest absolute Gasteiger partial charge is 0.258 e. The highest BCUT2D eigenvalue weighted by atomic mass is 79.9. The first kappa shape index (κ1) is 16.4. The van der Waals surface area contributed by atoms with Crippen LogP contribution in [0.4, 0.5) is 17.1 Å². The van der Waals surface area contributed by atoms with E-state index in [1.165, 1.54) is 12.1 Å². The predicted octanol–water partition coefficient (Wildman–Crippen LogP) is 6.84. The maximum absolute atomic E-state index is 10.8. The lowest BCUT2D eigenvalue weighted by molar-refractivity contribution is -0.385. The van der Waals surface area contributed by atoms with Crippen LogP contribution in [0.2, 0.25) is 10.0 Å². The third-order valence-electron chi connectivity index (χ3n) is 2.38. The number of nitro groups is 1. The Kier molecular flexibility index (Phi) is 5.32. The molecule has 0 spiro atoms. The average molecular weight is 454 g/mol. The molecule has 0 amide bonds. The first-order valence-corrected chi connectivity index (χ1v) is 7.73.